The summed E-state index contributed by atoms with van der Waals surface area (Å²) < 4.78 is 39.4. The Labute approximate surface area is 184 Å². The lowest BCUT2D eigenvalue weighted by molar-refractivity contribution is -0.138. The van der Waals surface area contributed by atoms with Crippen molar-refractivity contribution in [3.63, 3.8) is 0 Å². The van der Waals surface area contributed by atoms with Crippen LogP contribution in [0.1, 0.15) is 18.1 Å². The van der Waals surface area contributed by atoms with Crippen LogP contribution in [0.4, 0.5) is 30.2 Å². The number of halogens is 3. The summed E-state index contributed by atoms with van der Waals surface area (Å²) in [5.41, 5.74) is 3.58. The minimum Gasteiger partial charge on any atom is -0.399 e. The van der Waals surface area contributed by atoms with E-state index in [0.29, 0.717) is 24.8 Å². The third kappa shape index (κ3) is 6.60. The first-order valence-electron chi connectivity index (χ1n) is 9.74. The summed E-state index contributed by atoms with van der Waals surface area (Å²) in [6.07, 6.45) is -4.75. The van der Waals surface area contributed by atoms with Crippen LogP contribution in [-0.2, 0) is 11.0 Å². The molecule has 0 aliphatic heterocycles. The third-order valence-corrected chi connectivity index (χ3v) is 4.92. The highest BCUT2D eigenvalue weighted by Gasteiger charge is 2.35. The van der Waals surface area contributed by atoms with Gasteiger partial charge in [-0.05, 0) is 56.4 Å². The van der Waals surface area contributed by atoms with Crippen LogP contribution in [0.25, 0.3) is 0 Å². The van der Waals surface area contributed by atoms with Crippen molar-refractivity contribution < 1.29 is 23.1 Å². The number of alkyl halides is 3. The van der Waals surface area contributed by atoms with Gasteiger partial charge in [-0.15, -0.1) is 0 Å². The molecule has 10 heteroatoms. The van der Waals surface area contributed by atoms with Gasteiger partial charge in [-0.2, -0.15) is 18.4 Å². The molecule has 2 aromatic carbocycles. The molecule has 0 unspecified atom stereocenters. The van der Waals surface area contributed by atoms with Gasteiger partial charge in [0.25, 0.3) is 5.91 Å². The van der Waals surface area contributed by atoms with Crippen molar-refractivity contribution in [2.24, 2.45) is 0 Å². The first-order chi connectivity index (χ1) is 14.8. The molecular weight excluding hydrogens is 423 g/mol. The molecule has 0 fully saturated rings. The Balaban J connectivity index is 1.98. The number of hydrogen-bond donors (Lipinski definition) is 3. The van der Waals surface area contributed by atoms with Crippen LogP contribution in [0.5, 0.6) is 0 Å². The number of nitriles is 1. The lowest BCUT2D eigenvalue weighted by Crippen LogP contribution is -2.49. The number of aliphatic hydroxyl groups is 1. The van der Waals surface area contributed by atoms with Gasteiger partial charge in [0.1, 0.15) is 0 Å². The number of nitrogens with zero attached hydrogens (tertiary/aromatic N) is 3. The number of nitrogens with one attached hydrogen (secondary N) is 1. The highest BCUT2D eigenvalue weighted by Crippen LogP contribution is 2.33. The van der Waals surface area contributed by atoms with Crippen LogP contribution in [0.2, 0.25) is 0 Å². The maximum atomic E-state index is 13.1. The number of likely N-dealkylation sites (N-methyl/N-ethyl adjacent to an activating group) is 2. The van der Waals surface area contributed by atoms with Crippen LogP contribution in [0.3, 0.4) is 0 Å². The number of anilines is 3. The van der Waals surface area contributed by atoms with Crippen molar-refractivity contribution in [1.29, 1.82) is 5.26 Å². The molecule has 0 spiro atoms. The predicted molar refractivity (Wildman–Crippen MR) is 117 cm³/mol. The number of carbonyl (C=O) groups excluding carboxylic acids is 1. The van der Waals surface area contributed by atoms with Crippen molar-refractivity contribution in [3.8, 4) is 6.07 Å². The zero-order valence-electron chi connectivity index (χ0n) is 18.1. The fourth-order valence-electron chi connectivity index (χ4n) is 3.07. The van der Waals surface area contributed by atoms with Gasteiger partial charge in [-0.1, -0.05) is 0 Å². The van der Waals surface area contributed by atoms with E-state index in [4.69, 9.17) is 11.0 Å². The van der Waals surface area contributed by atoms with Crippen LogP contribution in [0, 0.1) is 11.3 Å². The standard InChI is InChI=1S/C22H26F3N5O2/c1-21(32,14-29(2)10-11-30(3)18-8-5-16(27)6-9-18)20(31)28-17-7-4-15(13-26)19(12-17)22(23,24)25/h4-9,12,32H,10-11,14,27H2,1-3H3,(H,28,31)/t21-/m0/s1. The molecule has 0 bridgehead atoms. The number of hydrogen-bond acceptors (Lipinski definition) is 6. The summed E-state index contributed by atoms with van der Waals surface area (Å²) in [6, 6.07) is 11.7. The highest BCUT2D eigenvalue weighted by molar-refractivity contribution is 5.97. The Bertz CT molecular complexity index is 985. The monoisotopic (exact) mass is 449 g/mol. The minimum absolute atomic E-state index is 0.0448. The molecule has 32 heavy (non-hydrogen) atoms. The number of nitrogens with two attached hydrogens (primary N) is 1. The number of carbonyl (C=O) groups is 1. The fraction of sp³-hybridized carbons (Fsp3) is 0.364. The van der Waals surface area contributed by atoms with Crippen LogP contribution in [0.15, 0.2) is 42.5 Å². The lowest BCUT2D eigenvalue weighted by atomic mass is 10.0. The molecule has 0 aliphatic carbocycles. The Hall–Kier alpha value is -3.29. The number of rotatable bonds is 8. The maximum absolute atomic E-state index is 13.1. The van der Waals surface area contributed by atoms with E-state index in [-0.39, 0.29) is 12.2 Å². The van der Waals surface area contributed by atoms with E-state index in [2.05, 4.69) is 5.32 Å². The van der Waals surface area contributed by atoms with Gasteiger partial charge in [-0.25, -0.2) is 0 Å². The second-order valence-electron chi connectivity index (χ2n) is 7.85. The topological polar surface area (TPSA) is 106 Å². The molecule has 172 valence electrons. The Morgan fingerprint density at radius 3 is 2.34 bits per heavy atom. The number of benzene rings is 2. The molecule has 4 N–H and O–H groups in total. The summed E-state index contributed by atoms with van der Waals surface area (Å²) in [4.78, 5) is 16.2. The predicted octanol–water partition coefficient (Wildman–Crippen LogP) is 2.92. The van der Waals surface area contributed by atoms with E-state index in [9.17, 15) is 23.1 Å². The average Bonchev–Trinajstić information content (AvgIpc) is 2.71. The third-order valence-electron chi connectivity index (χ3n) is 4.92. The molecule has 0 aromatic heterocycles. The van der Waals surface area contributed by atoms with Crippen LogP contribution < -0.4 is 16.0 Å². The van der Waals surface area contributed by atoms with Gasteiger partial charge in [-0.3, -0.25) is 4.79 Å². The van der Waals surface area contributed by atoms with E-state index in [1.165, 1.54) is 19.1 Å². The van der Waals surface area contributed by atoms with Crippen molar-refractivity contribution in [1.82, 2.24) is 4.90 Å². The quantitative estimate of drug-likeness (QED) is 0.535. The van der Waals surface area contributed by atoms with Gasteiger partial charge in [0.15, 0.2) is 5.60 Å². The summed E-state index contributed by atoms with van der Waals surface area (Å²) in [5.74, 6) is -0.853. The van der Waals surface area contributed by atoms with E-state index in [1.54, 1.807) is 24.1 Å². The highest BCUT2D eigenvalue weighted by atomic mass is 19.4. The summed E-state index contributed by atoms with van der Waals surface area (Å²) in [7, 11) is 3.62. The average molecular weight is 449 g/mol. The molecule has 1 amide bonds. The van der Waals surface area contributed by atoms with Crippen molar-refractivity contribution in [3.05, 3.63) is 53.6 Å². The summed E-state index contributed by atoms with van der Waals surface area (Å²) in [6.45, 7) is 2.36. The van der Waals surface area contributed by atoms with Crippen molar-refractivity contribution in [2.45, 2.75) is 18.7 Å². The van der Waals surface area contributed by atoms with E-state index in [0.717, 1.165) is 11.8 Å². The van der Waals surface area contributed by atoms with Crippen LogP contribution in [-0.4, -0.2) is 55.2 Å². The smallest absolute Gasteiger partial charge is 0.399 e. The van der Waals surface area contributed by atoms with Gasteiger partial charge < -0.3 is 26.0 Å². The van der Waals surface area contributed by atoms with Gasteiger partial charge >= 0.3 is 6.18 Å². The molecular formula is C22H26F3N5O2. The number of nitrogen functional groups attached to an aromatic ring is 1. The minimum atomic E-state index is -4.75. The van der Waals surface area contributed by atoms with Gasteiger partial charge in [0.2, 0.25) is 0 Å². The van der Waals surface area contributed by atoms with E-state index < -0.39 is 28.8 Å². The first-order valence-corrected chi connectivity index (χ1v) is 9.74. The molecule has 0 radical (unpaired) electrons. The maximum Gasteiger partial charge on any atom is 0.417 e. The van der Waals surface area contributed by atoms with E-state index in [1.807, 2.05) is 24.1 Å². The Morgan fingerprint density at radius 2 is 1.78 bits per heavy atom. The Kier molecular flexibility index (Phi) is 7.72. The van der Waals surface area contributed by atoms with Crippen LogP contribution >= 0.6 is 0 Å². The zero-order valence-corrected chi connectivity index (χ0v) is 18.1. The molecule has 0 saturated heterocycles. The van der Waals surface area contributed by atoms with Gasteiger partial charge in [0, 0.05) is 43.7 Å². The SMILES string of the molecule is CN(CCN(C)c1ccc(N)cc1)C[C@](C)(O)C(=O)Nc1ccc(C#N)c(C(F)(F)F)c1. The lowest BCUT2D eigenvalue weighted by Gasteiger charge is -2.30. The molecule has 0 aliphatic rings. The second kappa shape index (κ2) is 9.89. The zero-order chi connectivity index (χ0) is 24.1. The van der Waals surface area contributed by atoms with Crippen molar-refractivity contribution in [2.75, 3.05) is 49.7 Å². The van der Waals surface area contributed by atoms with E-state index >= 15 is 0 Å². The summed E-state index contributed by atoms with van der Waals surface area (Å²) >= 11 is 0. The fourth-order valence-corrected chi connectivity index (χ4v) is 3.07. The molecule has 0 heterocycles. The second-order valence-corrected chi connectivity index (χ2v) is 7.85. The first kappa shape index (κ1) is 25.0. The molecule has 1 atom stereocenters. The Morgan fingerprint density at radius 1 is 1.16 bits per heavy atom. The molecule has 7 nitrogen and oxygen atoms in total. The summed E-state index contributed by atoms with van der Waals surface area (Å²) in [5, 5.41) is 21.8. The molecule has 2 rings (SSSR count). The largest absolute Gasteiger partial charge is 0.417 e. The molecule has 0 saturated carbocycles. The molecule has 2 aromatic rings. The van der Waals surface area contributed by atoms with Gasteiger partial charge in [0.05, 0.1) is 17.2 Å². The normalized spacial score (nSPS) is 13.3. The number of amides is 1. The van der Waals surface area contributed by atoms with Crippen molar-refractivity contribution >= 4 is 23.0 Å².